The molecule has 0 saturated carbocycles. The molecule has 26 heavy (non-hydrogen) atoms. The highest BCUT2D eigenvalue weighted by atomic mass is 19.4. The molecule has 0 N–H and O–H groups in total. The first-order valence-electron chi connectivity index (χ1n) is 9.10. The van der Waals surface area contributed by atoms with Gasteiger partial charge in [0.2, 0.25) is 0 Å². The van der Waals surface area contributed by atoms with Crippen molar-refractivity contribution in [2.24, 2.45) is 0 Å². The van der Waals surface area contributed by atoms with Gasteiger partial charge in [0.15, 0.2) is 0 Å². The molecule has 0 spiro atoms. The third kappa shape index (κ3) is 5.24. The Morgan fingerprint density at radius 1 is 0.962 bits per heavy atom. The topological polar surface area (TPSA) is 12.5 Å². The van der Waals surface area contributed by atoms with Crippen LogP contribution in [0.4, 0.5) is 13.2 Å². The standard InChI is InChI=1S/C21H24F3NO/c22-21(23,24)18-9-11-20(12-10-18)26-15-14-25-13-5-4-8-19(25)16-17-6-2-1-3-7-17/h1-3,6-7,9-12,19H,4-5,8,13-16H2. The van der Waals surface area contributed by atoms with Gasteiger partial charge in [0, 0.05) is 12.6 Å². The van der Waals surface area contributed by atoms with Gasteiger partial charge in [-0.3, -0.25) is 4.90 Å². The number of alkyl halides is 3. The summed E-state index contributed by atoms with van der Waals surface area (Å²) in [4.78, 5) is 2.45. The molecule has 0 amide bonds. The number of hydrogen-bond acceptors (Lipinski definition) is 2. The van der Waals surface area contributed by atoms with Gasteiger partial charge in [-0.2, -0.15) is 13.2 Å². The summed E-state index contributed by atoms with van der Waals surface area (Å²) in [6, 6.07) is 15.9. The maximum absolute atomic E-state index is 12.6. The zero-order chi connectivity index (χ0) is 18.4. The molecule has 1 aliphatic heterocycles. The van der Waals surface area contributed by atoms with Gasteiger partial charge in [-0.15, -0.1) is 0 Å². The lowest BCUT2D eigenvalue weighted by Gasteiger charge is -2.35. The Morgan fingerprint density at radius 2 is 1.69 bits per heavy atom. The van der Waals surface area contributed by atoms with Crippen LogP contribution in [0.3, 0.4) is 0 Å². The van der Waals surface area contributed by atoms with Crippen LogP contribution in [0.15, 0.2) is 54.6 Å². The van der Waals surface area contributed by atoms with Crippen molar-refractivity contribution in [1.82, 2.24) is 4.90 Å². The number of ether oxygens (including phenoxy) is 1. The Kier molecular flexibility index (Phi) is 6.20. The Balaban J connectivity index is 1.51. The first kappa shape index (κ1) is 18.8. The predicted molar refractivity (Wildman–Crippen MR) is 96.3 cm³/mol. The van der Waals surface area contributed by atoms with Crippen molar-refractivity contribution in [2.45, 2.75) is 37.9 Å². The fourth-order valence-electron chi connectivity index (χ4n) is 3.49. The van der Waals surface area contributed by atoms with Crippen molar-refractivity contribution >= 4 is 0 Å². The van der Waals surface area contributed by atoms with E-state index in [0.29, 0.717) is 18.4 Å². The smallest absolute Gasteiger partial charge is 0.416 e. The molecule has 2 nitrogen and oxygen atoms in total. The average molecular weight is 363 g/mol. The second-order valence-electron chi connectivity index (χ2n) is 6.75. The van der Waals surface area contributed by atoms with Crippen molar-refractivity contribution < 1.29 is 17.9 Å². The van der Waals surface area contributed by atoms with Gasteiger partial charge >= 0.3 is 6.18 Å². The van der Waals surface area contributed by atoms with Crippen molar-refractivity contribution in [2.75, 3.05) is 19.7 Å². The molecule has 0 aromatic heterocycles. The van der Waals surface area contributed by atoms with Crippen LogP contribution in [0, 0.1) is 0 Å². The van der Waals surface area contributed by atoms with E-state index >= 15 is 0 Å². The molecular formula is C21H24F3NO. The maximum atomic E-state index is 12.6. The second kappa shape index (κ2) is 8.58. The van der Waals surface area contributed by atoms with Gasteiger partial charge in [-0.1, -0.05) is 36.8 Å². The summed E-state index contributed by atoms with van der Waals surface area (Å²) in [5.74, 6) is 0.481. The Hall–Kier alpha value is -2.01. The highest BCUT2D eigenvalue weighted by molar-refractivity contribution is 5.28. The van der Waals surface area contributed by atoms with E-state index in [9.17, 15) is 13.2 Å². The largest absolute Gasteiger partial charge is 0.492 e. The third-order valence-electron chi connectivity index (χ3n) is 4.89. The number of piperidine rings is 1. The van der Waals surface area contributed by atoms with Crippen LogP contribution >= 0.6 is 0 Å². The van der Waals surface area contributed by atoms with Gasteiger partial charge in [0.1, 0.15) is 12.4 Å². The van der Waals surface area contributed by atoms with Crippen LogP contribution < -0.4 is 4.74 Å². The molecule has 3 rings (SSSR count). The molecule has 140 valence electrons. The van der Waals surface area contributed by atoms with Crippen LogP contribution in [0.1, 0.15) is 30.4 Å². The van der Waals surface area contributed by atoms with Crippen molar-refractivity contribution in [3.63, 3.8) is 0 Å². The average Bonchev–Trinajstić information content (AvgIpc) is 2.64. The summed E-state index contributed by atoms with van der Waals surface area (Å²) in [7, 11) is 0. The zero-order valence-corrected chi connectivity index (χ0v) is 14.7. The lowest BCUT2D eigenvalue weighted by Crippen LogP contribution is -2.43. The van der Waals surface area contributed by atoms with Crippen LogP contribution in [0.25, 0.3) is 0 Å². The summed E-state index contributed by atoms with van der Waals surface area (Å²) in [6.07, 6.45) is 0.326. The van der Waals surface area contributed by atoms with Crippen molar-refractivity contribution in [3.05, 3.63) is 65.7 Å². The van der Waals surface area contributed by atoms with E-state index in [2.05, 4.69) is 29.2 Å². The molecule has 0 bridgehead atoms. The van der Waals surface area contributed by atoms with Gasteiger partial charge in [0.25, 0.3) is 0 Å². The van der Waals surface area contributed by atoms with E-state index in [1.165, 1.54) is 37.0 Å². The Labute approximate surface area is 152 Å². The molecule has 0 aliphatic carbocycles. The van der Waals surface area contributed by atoms with Gasteiger partial charge < -0.3 is 4.74 Å². The van der Waals surface area contributed by atoms with E-state index in [1.54, 1.807) is 0 Å². The minimum Gasteiger partial charge on any atom is -0.492 e. The van der Waals surface area contributed by atoms with E-state index in [4.69, 9.17) is 4.74 Å². The summed E-state index contributed by atoms with van der Waals surface area (Å²) in [5, 5.41) is 0. The maximum Gasteiger partial charge on any atom is 0.416 e. The van der Waals surface area contributed by atoms with E-state index < -0.39 is 11.7 Å². The van der Waals surface area contributed by atoms with Gasteiger partial charge in [0.05, 0.1) is 5.56 Å². The van der Waals surface area contributed by atoms with E-state index in [-0.39, 0.29) is 0 Å². The lowest BCUT2D eigenvalue weighted by molar-refractivity contribution is -0.137. The first-order valence-corrected chi connectivity index (χ1v) is 9.10. The molecule has 1 saturated heterocycles. The number of rotatable bonds is 6. The Morgan fingerprint density at radius 3 is 2.38 bits per heavy atom. The van der Waals surface area contributed by atoms with Crippen LogP contribution in [0.5, 0.6) is 5.75 Å². The molecule has 1 aliphatic rings. The summed E-state index contributed by atoms with van der Waals surface area (Å²) in [6.45, 7) is 2.32. The fourth-order valence-corrected chi connectivity index (χ4v) is 3.49. The lowest BCUT2D eigenvalue weighted by atomic mass is 9.96. The minimum atomic E-state index is -4.31. The zero-order valence-electron chi connectivity index (χ0n) is 14.7. The molecule has 1 atom stereocenters. The normalized spacial score (nSPS) is 18.7. The molecule has 2 aromatic carbocycles. The highest BCUT2D eigenvalue weighted by Crippen LogP contribution is 2.30. The summed E-state index contributed by atoms with van der Waals surface area (Å²) < 4.78 is 43.4. The number of halogens is 3. The predicted octanol–water partition coefficient (Wildman–Crippen LogP) is 5.18. The monoisotopic (exact) mass is 363 g/mol. The van der Waals surface area contributed by atoms with Crippen LogP contribution in [-0.4, -0.2) is 30.6 Å². The third-order valence-corrected chi connectivity index (χ3v) is 4.89. The molecule has 1 unspecified atom stereocenters. The first-order chi connectivity index (χ1) is 12.5. The Bertz CT molecular complexity index is 670. The summed E-state index contributed by atoms with van der Waals surface area (Å²) >= 11 is 0. The quantitative estimate of drug-likeness (QED) is 0.701. The highest BCUT2D eigenvalue weighted by Gasteiger charge is 2.30. The van der Waals surface area contributed by atoms with E-state index in [0.717, 1.165) is 31.6 Å². The summed E-state index contributed by atoms with van der Waals surface area (Å²) in [5.41, 5.74) is 0.692. The molecule has 2 aromatic rings. The second-order valence-corrected chi connectivity index (χ2v) is 6.75. The van der Waals surface area contributed by atoms with Crippen molar-refractivity contribution in [3.8, 4) is 5.75 Å². The number of benzene rings is 2. The molecule has 1 fully saturated rings. The SMILES string of the molecule is FC(F)(F)c1ccc(OCCN2CCCCC2Cc2ccccc2)cc1. The van der Waals surface area contributed by atoms with Crippen molar-refractivity contribution in [1.29, 1.82) is 0 Å². The number of hydrogen-bond donors (Lipinski definition) is 0. The molecule has 5 heteroatoms. The van der Waals surface area contributed by atoms with Crippen LogP contribution in [0.2, 0.25) is 0 Å². The minimum absolute atomic E-state index is 0.481. The van der Waals surface area contributed by atoms with Crippen LogP contribution in [-0.2, 0) is 12.6 Å². The molecule has 0 radical (unpaired) electrons. The number of nitrogens with zero attached hydrogens (tertiary/aromatic N) is 1. The van der Waals surface area contributed by atoms with Gasteiger partial charge in [-0.25, -0.2) is 0 Å². The fraction of sp³-hybridized carbons (Fsp3) is 0.429. The van der Waals surface area contributed by atoms with Gasteiger partial charge in [-0.05, 0) is 55.6 Å². The van der Waals surface area contributed by atoms with E-state index in [1.807, 2.05) is 6.07 Å². The molecule has 1 heterocycles. The molecular weight excluding hydrogens is 339 g/mol. The number of likely N-dealkylation sites (tertiary alicyclic amines) is 1.